The van der Waals surface area contributed by atoms with Crippen molar-refractivity contribution in [1.82, 2.24) is 9.97 Å². The maximum absolute atomic E-state index is 5.31. The van der Waals surface area contributed by atoms with E-state index in [2.05, 4.69) is 36.5 Å². The van der Waals surface area contributed by atoms with Crippen LogP contribution in [0.4, 0.5) is 11.8 Å². The van der Waals surface area contributed by atoms with Crippen LogP contribution in [-0.2, 0) is 4.74 Å². The van der Waals surface area contributed by atoms with Gasteiger partial charge in [0.15, 0.2) is 0 Å². The topological polar surface area (TPSA) is 59.1 Å². The fourth-order valence-electron chi connectivity index (χ4n) is 1.74. The molecule has 1 aromatic heterocycles. The van der Waals surface area contributed by atoms with E-state index in [-0.39, 0.29) is 0 Å². The molecule has 0 bridgehead atoms. The lowest BCUT2D eigenvalue weighted by Crippen LogP contribution is -2.11. The van der Waals surface area contributed by atoms with E-state index in [4.69, 9.17) is 4.74 Å². The zero-order valence-electron chi connectivity index (χ0n) is 11.0. The molecule has 2 aromatic rings. The highest BCUT2D eigenvalue weighted by molar-refractivity contribution is 9.10. The van der Waals surface area contributed by atoms with E-state index in [9.17, 15) is 0 Å². The highest BCUT2D eigenvalue weighted by Gasteiger charge is 2.07. The molecule has 0 aliphatic heterocycles. The predicted octanol–water partition coefficient (Wildman–Crippen LogP) is 2.88. The molecule has 0 fully saturated rings. The maximum Gasteiger partial charge on any atom is 0.224 e. The zero-order valence-corrected chi connectivity index (χ0v) is 12.6. The van der Waals surface area contributed by atoms with Crippen LogP contribution in [0, 0.1) is 0 Å². The Bertz CT molecular complexity index is 562. The summed E-state index contributed by atoms with van der Waals surface area (Å²) in [6.45, 7) is 4.09. The minimum atomic E-state index is 0.601. The van der Waals surface area contributed by atoms with Crippen molar-refractivity contribution in [1.29, 1.82) is 0 Å². The van der Waals surface area contributed by atoms with Gasteiger partial charge in [0.25, 0.3) is 0 Å². The van der Waals surface area contributed by atoms with Crippen LogP contribution in [0.5, 0.6) is 0 Å². The van der Waals surface area contributed by atoms with Crippen molar-refractivity contribution in [3.05, 3.63) is 22.7 Å². The van der Waals surface area contributed by atoms with Crippen molar-refractivity contribution in [2.45, 2.75) is 6.92 Å². The molecule has 0 aliphatic rings. The van der Waals surface area contributed by atoms with Crippen LogP contribution in [0.25, 0.3) is 10.9 Å². The minimum Gasteiger partial charge on any atom is -0.380 e. The molecule has 0 aliphatic carbocycles. The number of rotatable bonds is 6. The first-order chi connectivity index (χ1) is 9.24. The molecule has 2 N–H and O–H groups in total. The first-order valence-corrected chi connectivity index (χ1v) is 7.00. The van der Waals surface area contributed by atoms with Gasteiger partial charge in [-0.1, -0.05) is 15.9 Å². The lowest BCUT2D eigenvalue weighted by atomic mass is 10.2. The fraction of sp³-hybridized carbons (Fsp3) is 0.385. The molecule has 102 valence electrons. The lowest BCUT2D eigenvalue weighted by molar-refractivity contribution is 0.158. The van der Waals surface area contributed by atoms with Crippen LogP contribution in [0.1, 0.15) is 6.92 Å². The summed E-state index contributed by atoms with van der Waals surface area (Å²) in [4.78, 5) is 8.88. The SMILES string of the molecule is CCOCCNc1nc(NC)nc2cc(Br)ccc12. The fourth-order valence-corrected chi connectivity index (χ4v) is 2.08. The van der Waals surface area contributed by atoms with Crippen molar-refractivity contribution < 1.29 is 4.74 Å². The third-order valence-corrected chi connectivity index (χ3v) is 3.12. The van der Waals surface area contributed by atoms with Crippen LogP contribution < -0.4 is 10.6 Å². The maximum atomic E-state index is 5.31. The largest absolute Gasteiger partial charge is 0.380 e. The van der Waals surface area contributed by atoms with E-state index in [1.165, 1.54) is 0 Å². The van der Waals surface area contributed by atoms with Gasteiger partial charge in [-0.25, -0.2) is 4.98 Å². The van der Waals surface area contributed by atoms with Crippen molar-refractivity contribution in [3.63, 3.8) is 0 Å². The van der Waals surface area contributed by atoms with Gasteiger partial charge in [0.05, 0.1) is 12.1 Å². The van der Waals surface area contributed by atoms with E-state index in [1.807, 2.05) is 32.2 Å². The standard InChI is InChI=1S/C13H17BrN4O/c1-3-19-7-6-16-12-10-5-4-9(14)8-11(10)17-13(15-2)18-12/h4-5,8H,3,6-7H2,1-2H3,(H2,15,16,17,18). The summed E-state index contributed by atoms with van der Waals surface area (Å²) < 4.78 is 6.31. The summed E-state index contributed by atoms with van der Waals surface area (Å²) in [5.41, 5.74) is 0.896. The van der Waals surface area contributed by atoms with Gasteiger partial charge in [0, 0.05) is 30.1 Å². The Morgan fingerprint density at radius 3 is 2.89 bits per heavy atom. The second-order valence-corrected chi connectivity index (χ2v) is 4.85. The van der Waals surface area contributed by atoms with Gasteiger partial charge in [-0.05, 0) is 25.1 Å². The summed E-state index contributed by atoms with van der Waals surface area (Å²) in [6, 6.07) is 5.96. The number of nitrogens with one attached hydrogen (secondary N) is 2. The number of ether oxygens (including phenoxy) is 1. The van der Waals surface area contributed by atoms with E-state index in [0.29, 0.717) is 12.6 Å². The Labute approximate surface area is 120 Å². The Kier molecular flexibility index (Phi) is 4.93. The Hall–Kier alpha value is -1.40. The van der Waals surface area contributed by atoms with E-state index in [1.54, 1.807) is 0 Å². The van der Waals surface area contributed by atoms with Crippen LogP contribution in [-0.4, -0.2) is 36.8 Å². The first kappa shape index (κ1) is 14.0. The molecule has 5 nitrogen and oxygen atoms in total. The third kappa shape index (κ3) is 3.54. The van der Waals surface area contributed by atoms with Crippen LogP contribution in [0.2, 0.25) is 0 Å². The molecular formula is C13H17BrN4O. The van der Waals surface area contributed by atoms with Gasteiger partial charge in [-0.2, -0.15) is 4.98 Å². The van der Waals surface area contributed by atoms with E-state index >= 15 is 0 Å². The molecule has 1 aromatic carbocycles. The molecule has 19 heavy (non-hydrogen) atoms. The summed E-state index contributed by atoms with van der Waals surface area (Å²) in [5, 5.41) is 7.26. The molecule has 0 saturated carbocycles. The summed E-state index contributed by atoms with van der Waals surface area (Å²) in [6.07, 6.45) is 0. The van der Waals surface area contributed by atoms with Crippen LogP contribution in [0.3, 0.4) is 0 Å². The molecule has 6 heteroatoms. The predicted molar refractivity (Wildman–Crippen MR) is 81.8 cm³/mol. The van der Waals surface area contributed by atoms with Gasteiger partial charge >= 0.3 is 0 Å². The molecule has 0 unspecified atom stereocenters. The average Bonchev–Trinajstić information content (AvgIpc) is 2.42. The minimum absolute atomic E-state index is 0.601. The number of nitrogens with zero attached hydrogens (tertiary/aromatic N) is 2. The highest BCUT2D eigenvalue weighted by Crippen LogP contribution is 2.24. The van der Waals surface area contributed by atoms with Gasteiger partial charge in [0.1, 0.15) is 5.82 Å². The second kappa shape index (κ2) is 6.68. The number of aromatic nitrogens is 2. The highest BCUT2D eigenvalue weighted by atomic mass is 79.9. The Morgan fingerprint density at radius 2 is 2.16 bits per heavy atom. The molecule has 2 rings (SSSR count). The zero-order chi connectivity index (χ0) is 13.7. The van der Waals surface area contributed by atoms with E-state index < -0.39 is 0 Å². The van der Waals surface area contributed by atoms with Crippen molar-refractivity contribution in [2.24, 2.45) is 0 Å². The number of hydrogen-bond acceptors (Lipinski definition) is 5. The molecule has 0 spiro atoms. The van der Waals surface area contributed by atoms with Gasteiger partial charge < -0.3 is 15.4 Å². The smallest absolute Gasteiger partial charge is 0.224 e. The molecule has 0 atom stereocenters. The van der Waals surface area contributed by atoms with Crippen molar-refractivity contribution >= 4 is 38.6 Å². The van der Waals surface area contributed by atoms with Crippen molar-refractivity contribution in [2.75, 3.05) is 37.4 Å². The van der Waals surface area contributed by atoms with Gasteiger partial charge in [-0.15, -0.1) is 0 Å². The Balaban J connectivity index is 2.29. The Morgan fingerprint density at radius 1 is 1.32 bits per heavy atom. The second-order valence-electron chi connectivity index (χ2n) is 3.93. The number of fused-ring (bicyclic) bond motifs is 1. The number of hydrogen-bond donors (Lipinski definition) is 2. The average molecular weight is 325 g/mol. The summed E-state index contributed by atoms with van der Waals surface area (Å²) >= 11 is 3.46. The molecular weight excluding hydrogens is 308 g/mol. The molecule has 0 saturated heterocycles. The number of benzene rings is 1. The molecule has 0 amide bonds. The van der Waals surface area contributed by atoms with Crippen molar-refractivity contribution in [3.8, 4) is 0 Å². The summed E-state index contributed by atoms with van der Waals surface area (Å²) in [7, 11) is 1.81. The number of anilines is 2. The third-order valence-electron chi connectivity index (χ3n) is 2.63. The summed E-state index contributed by atoms with van der Waals surface area (Å²) in [5.74, 6) is 1.42. The normalized spacial score (nSPS) is 10.7. The molecule has 0 radical (unpaired) electrons. The van der Waals surface area contributed by atoms with Crippen LogP contribution >= 0.6 is 15.9 Å². The lowest BCUT2D eigenvalue weighted by Gasteiger charge is -2.10. The van der Waals surface area contributed by atoms with Crippen LogP contribution in [0.15, 0.2) is 22.7 Å². The molecule has 1 heterocycles. The quantitative estimate of drug-likeness (QED) is 0.800. The van der Waals surface area contributed by atoms with Gasteiger partial charge in [-0.3, -0.25) is 0 Å². The van der Waals surface area contributed by atoms with E-state index in [0.717, 1.165) is 34.3 Å². The monoisotopic (exact) mass is 324 g/mol. The van der Waals surface area contributed by atoms with Gasteiger partial charge in [0.2, 0.25) is 5.95 Å². The number of halogens is 1. The first-order valence-electron chi connectivity index (χ1n) is 6.21.